The molecule has 4 rings (SSSR count). The summed E-state index contributed by atoms with van der Waals surface area (Å²) >= 11 is 3.00. The van der Waals surface area contributed by atoms with E-state index in [-0.39, 0.29) is 30.3 Å². The molecule has 3 unspecified atom stereocenters. The van der Waals surface area contributed by atoms with Crippen molar-refractivity contribution in [3.05, 3.63) is 58.3 Å². The van der Waals surface area contributed by atoms with Gasteiger partial charge in [0.2, 0.25) is 5.91 Å². The van der Waals surface area contributed by atoms with Gasteiger partial charge in [0.05, 0.1) is 11.7 Å². The van der Waals surface area contributed by atoms with Crippen LogP contribution in [0.2, 0.25) is 0 Å². The number of amides is 2. The maximum atomic E-state index is 13.2. The van der Waals surface area contributed by atoms with Crippen LogP contribution in [0, 0.1) is 0 Å². The number of rotatable bonds is 8. The molecule has 0 bridgehead atoms. The van der Waals surface area contributed by atoms with Gasteiger partial charge in [-0.25, -0.2) is 0 Å². The molecule has 2 amide bonds. The summed E-state index contributed by atoms with van der Waals surface area (Å²) in [5.74, 6) is 0.454. The standard InChI is InChI=1S/C22H24N2O4S2/c25-18-11-28-19-7-4-9-22(18,19)24-21(27)17(23-20(26)16-8-10-29-13-16)14-30-12-15-5-2-1-3-6-15/h1-3,5-6,8,10,13,17,19H,4,7,9,11-12,14H2,(H,23,26)(H,24,27). The van der Waals surface area contributed by atoms with Crippen molar-refractivity contribution in [2.24, 2.45) is 0 Å². The van der Waals surface area contributed by atoms with Gasteiger partial charge in [0.1, 0.15) is 18.2 Å². The lowest BCUT2D eigenvalue weighted by Crippen LogP contribution is -2.61. The second kappa shape index (κ2) is 9.32. The molecule has 1 saturated heterocycles. The van der Waals surface area contributed by atoms with Gasteiger partial charge in [-0.3, -0.25) is 14.4 Å². The van der Waals surface area contributed by atoms with Gasteiger partial charge in [-0.15, -0.1) is 0 Å². The number of hydrogen-bond acceptors (Lipinski definition) is 6. The number of ketones is 1. The van der Waals surface area contributed by atoms with Gasteiger partial charge >= 0.3 is 0 Å². The number of carbonyl (C=O) groups excluding carboxylic acids is 3. The van der Waals surface area contributed by atoms with Crippen LogP contribution in [-0.4, -0.2) is 47.6 Å². The summed E-state index contributed by atoms with van der Waals surface area (Å²) in [5.41, 5.74) is 0.745. The summed E-state index contributed by atoms with van der Waals surface area (Å²) in [7, 11) is 0. The smallest absolute Gasteiger partial charge is 0.252 e. The first-order chi connectivity index (χ1) is 14.6. The first kappa shape index (κ1) is 21.1. The molecule has 2 aromatic rings. The number of Topliss-reactive ketones (excluding diaryl/α,β-unsaturated/α-hetero) is 1. The van der Waals surface area contributed by atoms with Crippen LogP contribution in [0.25, 0.3) is 0 Å². The fourth-order valence-electron chi connectivity index (χ4n) is 4.03. The molecule has 1 aliphatic heterocycles. The molecule has 1 aromatic heterocycles. The Morgan fingerprint density at radius 3 is 2.87 bits per heavy atom. The average molecular weight is 445 g/mol. The Morgan fingerprint density at radius 2 is 2.10 bits per heavy atom. The number of thiophene rings is 1. The van der Waals surface area contributed by atoms with E-state index in [4.69, 9.17) is 4.74 Å². The van der Waals surface area contributed by atoms with Crippen LogP contribution in [0.3, 0.4) is 0 Å². The van der Waals surface area contributed by atoms with E-state index < -0.39 is 11.6 Å². The lowest BCUT2D eigenvalue weighted by Gasteiger charge is -2.30. The van der Waals surface area contributed by atoms with Gasteiger partial charge in [-0.1, -0.05) is 30.3 Å². The molecule has 1 aliphatic carbocycles. The van der Waals surface area contributed by atoms with Crippen LogP contribution in [0.15, 0.2) is 47.2 Å². The molecule has 2 heterocycles. The lowest BCUT2D eigenvalue weighted by atomic mass is 9.92. The van der Waals surface area contributed by atoms with Crippen molar-refractivity contribution in [3.8, 4) is 0 Å². The van der Waals surface area contributed by atoms with Gasteiger partial charge in [0.15, 0.2) is 5.78 Å². The Morgan fingerprint density at radius 1 is 1.27 bits per heavy atom. The quantitative estimate of drug-likeness (QED) is 0.654. The second-order valence-electron chi connectivity index (χ2n) is 7.61. The molecule has 2 fully saturated rings. The zero-order valence-electron chi connectivity index (χ0n) is 16.5. The lowest BCUT2D eigenvalue weighted by molar-refractivity contribution is -0.130. The largest absolute Gasteiger partial charge is 0.367 e. The first-order valence-electron chi connectivity index (χ1n) is 10.0. The van der Waals surface area contributed by atoms with E-state index in [1.165, 1.54) is 11.3 Å². The fraction of sp³-hybridized carbons (Fsp3) is 0.409. The number of hydrogen-bond donors (Lipinski definition) is 2. The molecular weight excluding hydrogens is 420 g/mol. The van der Waals surface area contributed by atoms with Gasteiger partial charge in [-0.05, 0) is 36.3 Å². The molecule has 2 aliphatic rings. The van der Waals surface area contributed by atoms with Crippen molar-refractivity contribution in [2.75, 3.05) is 12.4 Å². The Hall–Kier alpha value is -2.16. The molecule has 1 saturated carbocycles. The fourth-order valence-corrected chi connectivity index (χ4v) is 5.68. The van der Waals surface area contributed by atoms with E-state index in [0.717, 1.165) is 24.2 Å². The van der Waals surface area contributed by atoms with Crippen molar-refractivity contribution in [2.45, 2.75) is 42.7 Å². The molecule has 0 radical (unpaired) electrons. The van der Waals surface area contributed by atoms with Gasteiger partial charge in [-0.2, -0.15) is 23.1 Å². The number of ether oxygens (including phenoxy) is 1. The zero-order valence-corrected chi connectivity index (χ0v) is 18.1. The molecule has 0 spiro atoms. The van der Waals surface area contributed by atoms with E-state index in [0.29, 0.717) is 17.7 Å². The maximum Gasteiger partial charge on any atom is 0.252 e. The molecule has 2 N–H and O–H groups in total. The monoisotopic (exact) mass is 444 g/mol. The number of nitrogens with one attached hydrogen (secondary N) is 2. The number of benzene rings is 1. The predicted molar refractivity (Wildman–Crippen MR) is 118 cm³/mol. The summed E-state index contributed by atoms with van der Waals surface area (Å²) in [6.45, 7) is 0.0413. The molecular formula is C22H24N2O4S2. The van der Waals surface area contributed by atoms with Crippen LogP contribution in [0.1, 0.15) is 35.2 Å². The van der Waals surface area contributed by atoms with Crippen LogP contribution < -0.4 is 10.6 Å². The number of carbonyl (C=O) groups is 3. The van der Waals surface area contributed by atoms with Crippen LogP contribution in [0.5, 0.6) is 0 Å². The van der Waals surface area contributed by atoms with E-state index in [2.05, 4.69) is 10.6 Å². The summed E-state index contributed by atoms with van der Waals surface area (Å²) in [6, 6.07) is 11.0. The van der Waals surface area contributed by atoms with Crippen LogP contribution in [-0.2, 0) is 20.1 Å². The Kier molecular flexibility index (Phi) is 6.55. The summed E-state index contributed by atoms with van der Waals surface area (Å²) < 4.78 is 5.60. The normalized spacial score (nSPS) is 23.7. The van der Waals surface area contributed by atoms with E-state index in [9.17, 15) is 14.4 Å². The van der Waals surface area contributed by atoms with Crippen LogP contribution >= 0.6 is 23.1 Å². The SMILES string of the molecule is O=C(NC(CSCc1ccccc1)C(=O)NC12CCCC1OCC2=O)c1ccsc1. The third-order valence-electron chi connectivity index (χ3n) is 5.65. The van der Waals surface area contributed by atoms with E-state index >= 15 is 0 Å². The molecule has 6 nitrogen and oxygen atoms in total. The Labute approximate surface area is 183 Å². The molecule has 158 valence electrons. The van der Waals surface area contributed by atoms with E-state index in [1.807, 2.05) is 35.7 Å². The van der Waals surface area contributed by atoms with Crippen molar-refractivity contribution in [1.29, 1.82) is 0 Å². The molecule has 3 atom stereocenters. The first-order valence-corrected chi connectivity index (χ1v) is 12.1. The molecule has 1 aromatic carbocycles. The highest BCUT2D eigenvalue weighted by atomic mass is 32.2. The highest BCUT2D eigenvalue weighted by Crippen LogP contribution is 2.37. The minimum absolute atomic E-state index is 0.0413. The highest BCUT2D eigenvalue weighted by Gasteiger charge is 2.55. The third kappa shape index (κ3) is 4.45. The molecule has 8 heteroatoms. The minimum atomic E-state index is -0.938. The van der Waals surface area contributed by atoms with Gasteiger partial charge in [0.25, 0.3) is 5.91 Å². The molecule has 30 heavy (non-hydrogen) atoms. The highest BCUT2D eigenvalue weighted by molar-refractivity contribution is 7.98. The zero-order chi connectivity index (χ0) is 21.0. The summed E-state index contributed by atoms with van der Waals surface area (Å²) in [5, 5.41) is 9.39. The Balaban J connectivity index is 1.45. The number of fused-ring (bicyclic) bond motifs is 1. The average Bonchev–Trinajstić information content (AvgIpc) is 3.47. The van der Waals surface area contributed by atoms with Gasteiger partial charge < -0.3 is 15.4 Å². The minimum Gasteiger partial charge on any atom is -0.367 e. The van der Waals surface area contributed by atoms with E-state index in [1.54, 1.807) is 23.2 Å². The summed E-state index contributed by atoms with van der Waals surface area (Å²) in [6.07, 6.45) is 1.93. The van der Waals surface area contributed by atoms with Crippen molar-refractivity contribution >= 4 is 40.7 Å². The number of thioether (sulfide) groups is 1. The second-order valence-corrected chi connectivity index (χ2v) is 9.42. The van der Waals surface area contributed by atoms with Crippen molar-refractivity contribution < 1.29 is 19.1 Å². The summed E-state index contributed by atoms with van der Waals surface area (Å²) in [4.78, 5) is 38.3. The van der Waals surface area contributed by atoms with Crippen LogP contribution in [0.4, 0.5) is 0 Å². The Bertz CT molecular complexity index is 903. The topological polar surface area (TPSA) is 84.5 Å². The van der Waals surface area contributed by atoms with Crippen molar-refractivity contribution in [3.63, 3.8) is 0 Å². The van der Waals surface area contributed by atoms with Gasteiger partial charge in [0, 0.05) is 16.9 Å². The third-order valence-corrected chi connectivity index (χ3v) is 7.44. The maximum absolute atomic E-state index is 13.2. The predicted octanol–water partition coefficient (Wildman–Crippen LogP) is 2.79. The van der Waals surface area contributed by atoms with Crippen molar-refractivity contribution in [1.82, 2.24) is 10.6 Å².